The number of carbonyl (C=O) groups excluding carboxylic acids is 2. The molecule has 0 atom stereocenters. The van der Waals surface area contributed by atoms with Crippen molar-refractivity contribution in [2.24, 2.45) is 7.05 Å². The van der Waals surface area contributed by atoms with Crippen LogP contribution in [-0.4, -0.2) is 22.9 Å². The zero-order valence-corrected chi connectivity index (χ0v) is 14.4. The number of rotatable bonds is 3. The molecule has 6 heteroatoms. The highest BCUT2D eigenvalue weighted by molar-refractivity contribution is 6.04. The standard InChI is InChI=1S/C19H21N3O3/c1-13-12-14(8-9-16(13)22-11-4-3-7-17(22)23)20-18(24)15-6-5-10-21(2)19(15)25/h5-6,8-10,12H,3-4,7,11H2,1-2H3,(H,20,24). The molecule has 130 valence electrons. The van der Waals surface area contributed by atoms with Crippen LogP contribution in [0.25, 0.3) is 0 Å². The Morgan fingerprint density at radius 2 is 1.96 bits per heavy atom. The maximum Gasteiger partial charge on any atom is 0.263 e. The molecule has 1 N–H and O–H groups in total. The van der Waals surface area contributed by atoms with Crippen LogP contribution >= 0.6 is 0 Å². The van der Waals surface area contributed by atoms with Gasteiger partial charge in [-0.2, -0.15) is 0 Å². The zero-order chi connectivity index (χ0) is 18.0. The van der Waals surface area contributed by atoms with Gasteiger partial charge in [-0.25, -0.2) is 0 Å². The molecule has 1 aliphatic rings. The van der Waals surface area contributed by atoms with Crippen molar-refractivity contribution in [3.8, 4) is 0 Å². The van der Waals surface area contributed by atoms with E-state index < -0.39 is 5.91 Å². The largest absolute Gasteiger partial charge is 0.322 e. The van der Waals surface area contributed by atoms with Gasteiger partial charge in [0.15, 0.2) is 0 Å². The summed E-state index contributed by atoms with van der Waals surface area (Å²) in [7, 11) is 1.60. The number of carbonyl (C=O) groups is 2. The summed E-state index contributed by atoms with van der Waals surface area (Å²) in [6, 6.07) is 8.59. The minimum atomic E-state index is -0.442. The quantitative estimate of drug-likeness (QED) is 0.934. The van der Waals surface area contributed by atoms with Crippen LogP contribution in [0.2, 0.25) is 0 Å². The number of piperidine rings is 1. The Morgan fingerprint density at radius 3 is 2.68 bits per heavy atom. The van der Waals surface area contributed by atoms with Crippen LogP contribution in [0.1, 0.15) is 35.2 Å². The van der Waals surface area contributed by atoms with Gasteiger partial charge in [0.05, 0.1) is 0 Å². The summed E-state index contributed by atoms with van der Waals surface area (Å²) in [6.07, 6.45) is 4.12. The van der Waals surface area contributed by atoms with Crippen LogP contribution < -0.4 is 15.8 Å². The van der Waals surface area contributed by atoms with Crippen molar-refractivity contribution in [3.63, 3.8) is 0 Å². The first kappa shape index (κ1) is 17.0. The molecule has 0 radical (unpaired) electrons. The number of hydrogen-bond acceptors (Lipinski definition) is 3. The van der Waals surface area contributed by atoms with E-state index in [1.807, 2.05) is 19.1 Å². The van der Waals surface area contributed by atoms with Crippen molar-refractivity contribution in [2.45, 2.75) is 26.2 Å². The van der Waals surface area contributed by atoms with Crippen molar-refractivity contribution in [2.75, 3.05) is 16.8 Å². The normalized spacial score (nSPS) is 14.5. The molecule has 1 aromatic heterocycles. The van der Waals surface area contributed by atoms with E-state index in [0.717, 1.165) is 30.6 Å². The second-order valence-corrected chi connectivity index (χ2v) is 6.30. The Labute approximate surface area is 146 Å². The van der Waals surface area contributed by atoms with Gasteiger partial charge in [-0.1, -0.05) is 0 Å². The molecule has 1 aliphatic heterocycles. The Balaban J connectivity index is 1.81. The summed E-state index contributed by atoms with van der Waals surface area (Å²) in [5.41, 5.74) is 2.14. The molecular weight excluding hydrogens is 318 g/mol. The van der Waals surface area contributed by atoms with E-state index in [9.17, 15) is 14.4 Å². The average molecular weight is 339 g/mol. The maximum atomic E-state index is 12.3. The third-order valence-corrected chi connectivity index (χ3v) is 4.44. The molecule has 0 aliphatic carbocycles. The molecule has 1 saturated heterocycles. The molecule has 0 bridgehead atoms. The van der Waals surface area contributed by atoms with Crippen molar-refractivity contribution in [1.82, 2.24) is 4.57 Å². The van der Waals surface area contributed by atoms with Gasteiger partial charge in [0.25, 0.3) is 11.5 Å². The van der Waals surface area contributed by atoms with Crippen LogP contribution in [-0.2, 0) is 11.8 Å². The maximum absolute atomic E-state index is 12.3. The molecule has 2 aromatic rings. The third kappa shape index (κ3) is 3.47. The topological polar surface area (TPSA) is 71.4 Å². The van der Waals surface area contributed by atoms with Gasteiger partial charge < -0.3 is 14.8 Å². The lowest BCUT2D eigenvalue weighted by Crippen LogP contribution is -2.35. The number of anilines is 2. The number of aryl methyl sites for hydroxylation is 2. The van der Waals surface area contributed by atoms with Gasteiger partial charge in [0.2, 0.25) is 5.91 Å². The predicted molar refractivity (Wildman–Crippen MR) is 97.0 cm³/mol. The lowest BCUT2D eigenvalue weighted by atomic mass is 10.1. The number of pyridine rings is 1. The van der Waals surface area contributed by atoms with Gasteiger partial charge in [-0.15, -0.1) is 0 Å². The zero-order valence-electron chi connectivity index (χ0n) is 14.4. The highest BCUT2D eigenvalue weighted by atomic mass is 16.2. The molecule has 1 fully saturated rings. The summed E-state index contributed by atoms with van der Waals surface area (Å²) in [5, 5.41) is 2.75. The molecule has 0 saturated carbocycles. The Morgan fingerprint density at radius 1 is 1.16 bits per heavy atom. The molecule has 0 unspecified atom stereocenters. The Bertz CT molecular complexity index is 886. The smallest absolute Gasteiger partial charge is 0.263 e. The third-order valence-electron chi connectivity index (χ3n) is 4.44. The number of aromatic nitrogens is 1. The molecule has 25 heavy (non-hydrogen) atoms. The minimum Gasteiger partial charge on any atom is -0.322 e. The van der Waals surface area contributed by atoms with Crippen LogP contribution in [0, 0.1) is 6.92 Å². The molecule has 0 spiro atoms. The lowest BCUT2D eigenvalue weighted by molar-refractivity contribution is -0.119. The molecular formula is C19H21N3O3. The van der Waals surface area contributed by atoms with Crippen LogP contribution in [0.4, 0.5) is 11.4 Å². The van der Waals surface area contributed by atoms with Crippen molar-refractivity contribution in [3.05, 3.63) is 58.0 Å². The van der Waals surface area contributed by atoms with Gasteiger partial charge >= 0.3 is 0 Å². The van der Waals surface area contributed by atoms with Gasteiger partial charge in [0.1, 0.15) is 5.56 Å². The van der Waals surface area contributed by atoms with E-state index in [2.05, 4.69) is 5.32 Å². The average Bonchev–Trinajstić information content (AvgIpc) is 2.58. The second-order valence-electron chi connectivity index (χ2n) is 6.30. The first-order chi connectivity index (χ1) is 12.0. The van der Waals surface area contributed by atoms with E-state index >= 15 is 0 Å². The number of amides is 2. The van der Waals surface area contributed by atoms with Gasteiger partial charge in [-0.05, 0) is 55.7 Å². The fraction of sp³-hybridized carbons (Fsp3) is 0.316. The van der Waals surface area contributed by atoms with E-state index in [-0.39, 0.29) is 17.0 Å². The molecule has 2 heterocycles. The number of benzene rings is 1. The monoisotopic (exact) mass is 339 g/mol. The summed E-state index contributed by atoms with van der Waals surface area (Å²) in [5.74, 6) is -0.304. The lowest BCUT2D eigenvalue weighted by Gasteiger charge is -2.28. The van der Waals surface area contributed by atoms with E-state index in [1.54, 1.807) is 30.3 Å². The first-order valence-corrected chi connectivity index (χ1v) is 8.35. The number of nitrogens with zero attached hydrogens (tertiary/aromatic N) is 2. The van der Waals surface area contributed by atoms with Crippen molar-refractivity contribution in [1.29, 1.82) is 0 Å². The predicted octanol–water partition coefficient (Wildman–Crippen LogP) is 2.46. The van der Waals surface area contributed by atoms with Crippen LogP contribution in [0.3, 0.4) is 0 Å². The second kappa shape index (κ2) is 6.93. The molecule has 3 rings (SSSR count). The summed E-state index contributed by atoms with van der Waals surface area (Å²) in [6.45, 7) is 2.64. The molecule has 2 amide bonds. The van der Waals surface area contributed by atoms with Gasteiger partial charge in [0, 0.05) is 37.6 Å². The van der Waals surface area contributed by atoms with E-state index in [1.165, 1.54) is 10.6 Å². The summed E-state index contributed by atoms with van der Waals surface area (Å²) >= 11 is 0. The highest BCUT2D eigenvalue weighted by Crippen LogP contribution is 2.27. The SMILES string of the molecule is Cc1cc(NC(=O)c2cccn(C)c2=O)ccc1N1CCCCC1=O. The van der Waals surface area contributed by atoms with Crippen molar-refractivity contribution >= 4 is 23.2 Å². The summed E-state index contributed by atoms with van der Waals surface area (Å²) < 4.78 is 1.37. The van der Waals surface area contributed by atoms with Gasteiger partial charge in [-0.3, -0.25) is 14.4 Å². The summed E-state index contributed by atoms with van der Waals surface area (Å²) in [4.78, 5) is 38.3. The Hall–Kier alpha value is -2.89. The van der Waals surface area contributed by atoms with Crippen LogP contribution in [0.15, 0.2) is 41.3 Å². The van der Waals surface area contributed by atoms with Crippen LogP contribution in [0.5, 0.6) is 0 Å². The number of nitrogens with one attached hydrogen (secondary N) is 1. The molecule has 1 aromatic carbocycles. The fourth-order valence-electron chi connectivity index (χ4n) is 3.07. The number of hydrogen-bond donors (Lipinski definition) is 1. The molecule has 6 nitrogen and oxygen atoms in total. The first-order valence-electron chi connectivity index (χ1n) is 8.35. The van der Waals surface area contributed by atoms with Crippen molar-refractivity contribution < 1.29 is 9.59 Å². The Kier molecular flexibility index (Phi) is 4.70. The van der Waals surface area contributed by atoms with E-state index in [0.29, 0.717) is 12.1 Å². The highest BCUT2D eigenvalue weighted by Gasteiger charge is 2.21. The minimum absolute atomic E-state index is 0.0953. The van der Waals surface area contributed by atoms with E-state index in [4.69, 9.17) is 0 Å². The fourth-order valence-corrected chi connectivity index (χ4v) is 3.07.